The lowest BCUT2D eigenvalue weighted by molar-refractivity contribution is -0.139. The topological polar surface area (TPSA) is 75.1 Å². The van der Waals surface area contributed by atoms with Gasteiger partial charge in [-0.1, -0.05) is 0 Å². The maximum Gasteiger partial charge on any atom is 0.270 e. The molecule has 0 aliphatic heterocycles. The molecule has 3 heterocycles. The van der Waals surface area contributed by atoms with Gasteiger partial charge in [-0.15, -0.1) is 22.7 Å². The molecular formula is C23H25N3O2S2. The highest BCUT2D eigenvalue weighted by Gasteiger charge is 2.57. The normalized spacial score (nSPS) is 32.1. The number of thiophene rings is 1. The van der Waals surface area contributed by atoms with E-state index in [0.717, 1.165) is 52.9 Å². The first kappa shape index (κ1) is 18.9. The van der Waals surface area contributed by atoms with Gasteiger partial charge in [0, 0.05) is 23.0 Å². The minimum atomic E-state index is -0.586. The summed E-state index contributed by atoms with van der Waals surface area (Å²) in [5, 5.41) is 17.4. The molecule has 156 valence electrons. The zero-order valence-electron chi connectivity index (χ0n) is 17.0. The van der Waals surface area contributed by atoms with Crippen LogP contribution in [0.2, 0.25) is 0 Å². The number of nitrogens with zero attached hydrogens (tertiary/aromatic N) is 2. The average molecular weight is 440 g/mol. The number of hydrogen-bond donors (Lipinski definition) is 2. The van der Waals surface area contributed by atoms with E-state index in [9.17, 15) is 9.90 Å². The van der Waals surface area contributed by atoms with Crippen LogP contribution in [0.25, 0.3) is 10.2 Å². The molecule has 1 amide bonds. The smallest absolute Gasteiger partial charge is 0.270 e. The van der Waals surface area contributed by atoms with E-state index in [-0.39, 0.29) is 11.4 Å². The quantitative estimate of drug-likeness (QED) is 0.629. The van der Waals surface area contributed by atoms with Crippen molar-refractivity contribution in [1.29, 1.82) is 0 Å². The first-order valence-electron chi connectivity index (χ1n) is 10.7. The fourth-order valence-electron chi connectivity index (χ4n) is 6.61. The van der Waals surface area contributed by atoms with Crippen LogP contribution in [0.1, 0.15) is 64.5 Å². The van der Waals surface area contributed by atoms with E-state index < -0.39 is 5.60 Å². The van der Waals surface area contributed by atoms with E-state index in [1.54, 1.807) is 22.7 Å². The van der Waals surface area contributed by atoms with Gasteiger partial charge < -0.3 is 10.4 Å². The molecule has 4 aliphatic rings. The maximum absolute atomic E-state index is 13.3. The molecule has 2 N–H and O–H groups in total. The van der Waals surface area contributed by atoms with Crippen molar-refractivity contribution in [3.8, 4) is 0 Å². The van der Waals surface area contributed by atoms with Gasteiger partial charge in [-0.25, -0.2) is 9.97 Å². The molecule has 4 bridgehead atoms. The van der Waals surface area contributed by atoms with Gasteiger partial charge in [-0.05, 0) is 80.4 Å². The highest BCUT2D eigenvalue weighted by atomic mass is 32.1. The summed E-state index contributed by atoms with van der Waals surface area (Å²) in [6.07, 6.45) is 8.37. The molecule has 30 heavy (non-hydrogen) atoms. The fraction of sp³-hybridized carbons (Fsp3) is 0.522. The van der Waals surface area contributed by atoms with Crippen molar-refractivity contribution < 1.29 is 9.90 Å². The van der Waals surface area contributed by atoms with Crippen LogP contribution < -0.4 is 5.32 Å². The van der Waals surface area contributed by atoms with Crippen molar-refractivity contribution in [2.75, 3.05) is 0 Å². The average Bonchev–Trinajstić information content (AvgIpc) is 3.28. The van der Waals surface area contributed by atoms with Gasteiger partial charge in [0.25, 0.3) is 5.91 Å². The lowest BCUT2D eigenvalue weighted by Gasteiger charge is -2.60. The van der Waals surface area contributed by atoms with E-state index in [1.165, 1.54) is 11.3 Å². The highest BCUT2D eigenvalue weighted by Crippen LogP contribution is 2.57. The monoisotopic (exact) mass is 439 g/mol. The van der Waals surface area contributed by atoms with Gasteiger partial charge in [0.2, 0.25) is 0 Å². The van der Waals surface area contributed by atoms with E-state index in [2.05, 4.69) is 15.3 Å². The molecular weight excluding hydrogens is 414 g/mol. The van der Waals surface area contributed by atoms with Gasteiger partial charge in [0.1, 0.15) is 5.69 Å². The Balaban J connectivity index is 1.31. The number of thiazole rings is 1. The summed E-state index contributed by atoms with van der Waals surface area (Å²) >= 11 is 3.37. The Morgan fingerprint density at radius 1 is 1.30 bits per heavy atom. The summed E-state index contributed by atoms with van der Waals surface area (Å²) < 4.78 is 1.14. The van der Waals surface area contributed by atoms with Crippen LogP contribution in [0, 0.1) is 18.8 Å². The van der Waals surface area contributed by atoms with Crippen molar-refractivity contribution in [1.82, 2.24) is 15.3 Å². The number of aromatic nitrogens is 2. The number of aliphatic hydroxyl groups is 1. The Kier molecular flexibility index (Phi) is 4.15. The Hall–Kier alpha value is -1.83. The molecule has 0 saturated heterocycles. The predicted octanol–water partition coefficient (Wildman–Crippen LogP) is 4.47. The second-order valence-corrected chi connectivity index (χ2v) is 12.0. The van der Waals surface area contributed by atoms with Gasteiger partial charge in [0.15, 0.2) is 0 Å². The molecule has 5 nitrogen and oxygen atoms in total. The van der Waals surface area contributed by atoms with E-state index in [1.807, 2.05) is 30.6 Å². The molecule has 3 aromatic heterocycles. The summed E-state index contributed by atoms with van der Waals surface area (Å²) in [7, 11) is 0. The molecule has 7 rings (SSSR count). The summed E-state index contributed by atoms with van der Waals surface area (Å²) in [5.74, 6) is 0.971. The van der Waals surface area contributed by atoms with Gasteiger partial charge in [-0.2, -0.15) is 0 Å². The third kappa shape index (κ3) is 3.18. The molecule has 3 aromatic rings. The molecule has 2 atom stereocenters. The Labute approximate surface area is 183 Å². The second-order valence-electron chi connectivity index (χ2n) is 9.74. The lowest BCUT2D eigenvalue weighted by Crippen LogP contribution is -2.65. The van der Waals surface area contributed by atoms with Gasteiger partial charge in [0.05, 0.1) is 20.8 Å². The standard InChI is InChI=1S/C23H25N3O2S2/c1-13-24-11-17(30-13)5-16-6-19(25-18-2-3-29-20(16)18)21(27)26-22-7-14-4-15(8-22)10-23(28,9-14)12-22/h2-3,6,11,14-15,28H,4-5,7-10,12H2,1H3,(H,26,27). The minimum Gasteiger partial charge on any atom is -0.390 e. The van der Waals surface area contributed by atoms with Crippen LogP contribution in [0.15, 0.2) is 23.7 Å². The van der Waals surface area contributed by atoms with Crippen LogP contribution in [-0.2, 0) is 6.42 Å². The van der Waals surface area contributed by atoms with Gasteiger partial charge in [-0.3, -0.25) is 4.79 Å². The maximum atomic E-state index is 13.3. The molecule has 0 spiro atoms. The van der Waals surface area contributed by atoms with E-state index in [4.69, 9.17) is 0 Å². The Bertz CT molecular complexity index is 1140. The minimum absolute atomic E-state index is 0.101. The zero-order chi connectivity index (χ0) is 20.5. The number of amides is 1. The van der Waals surface area contributed by atoms with E-state index in [0.29, 0.717) is 24.0 Å². The third-order valence-electron chi connectivity index (χ3n) is 7.16. The van der Waals surface area contributed by atoms with Crippen molar-refractivity contribution in [3.63, 3.8) is 0 Å². The van der Waals surface area contributed by atoms with Crippen LogP contribution in [0.3, 0.4) is 0 Å². The molecule has 4 saturated carbocycles. The van der Waals surface area contributed by atoms with Crippen LogP contribution in [-0.4, -0.2) is 32.1 Å². The number of hydrogen-bond acceptors (Lipinski definition) is 6. The SMILES string of the molecule is Cc1ncc(Cc2cc(C(=O)NC34CC5CC(CC(O)(C5)C3)C4)nc3ccsc23)s1. The zero-order valence-corrected chi connectivity index (χ0v) is 18.6. The van der Waals surface area contributed by atoms with Crippen molar-refractivity contribution in [2.24, 2.45) is 11.8 Å². The van der Waals surface area contributed by atoms with Crippen molar-refractivity contribution in [3.05, 3.63) is 44.9 Å². The van der Waals surface area contributed by atoms with Crippen molar-refractivity contribution in [2.45, 2.75) is 63.0 Å². The summed E-state index contributed by atoms with van der Waals surface area (Å²) in [6, 6.07) is 3.95. The Morgan fingerprint density at radius 3 is 2.80 bits per heavy atom. The number of fused-ring (bicyclic) bond motifs is 1. The predicted molar refractivity (Wildman–Crippen MR) is 119 cm³/mol. The number of nitrogens with one attached hydrogen (secondary N) is 1. The molecule has 4 aliphatic carbocycles. The fourth-order valence-corrected chi connectivity index (χ4v) is 8.28. The summed E-state index contributed by atoms with van der Waals surface area (Å²) in [4.78, 5) is 23.6. The highest BCUT2D eigenvalue weighted by molar-refractivity contribution is 7.17. The molecule has 0 radical (unpaired) electrons. The first-order chi connectivity index (χ1) is 14.4. The van der Waals surface area contributed by atoms with Crippen LogP contribution in [0.4, 0.5) is 0 Å². The molecule has 4 fully saturated rings. The summed E-state index contributed by atoms with van der Waals surface area (Å²) in [6.45, 7) is 2.01. The van der Waals surface area contributed by atoms with Crippen molar-refractivity contribution >= 4 is 38.8 Å². The summed E-state index contributed by atoms with van der Waals surface area (Å²) in [5.41, 5.74) is 1.65. The van der Waals surface area contributed by atoms with Gasteiger partial charge >= 0.3 is 0 Å². The number of carbonyl (C=O) groups is 1. The molecule has 0 aromatic carbocycles. The largest absolute Gasteiger partial charge is 0.390 e. The number of rotatable bonds is 4. The number of carbonyl (C=O) groups excluding carboxylic acids is 1. The number of pyridine rings is 1. The van der Waals surface area contributed by atoms with Crippen LogP contribution in [0.5, 0.6) is 0 Å². The Morgan fingerprint density at radius 2 is 2.10 bits per heavy atom. The third-order valence-corrected chi connectivity index (χ3v) is 9.06. The number of aryl methyl sites for hydroxylation is 1. The van der Waals surface area contributed by atoms with E-state index >= 15 is 0 Å². The first-order valence-corrected chi connectivity index (χ1v) is 12.4. The second kappa shape index (κ2) is 6.58. The lowest BCUT2D eigenvalue weighted by atomic mass is 9.51. The molecule has 7 heteroatoms. The van der Waals surface area contributed by atoms with Crippen LogP contribution >= 0.6 is 22.7 Å². The molecule has 2 unspecified atom stereocenters.